The number of morpholine rings is 1. The lowest BCUT2D eigenvalue weighted by Gasteiger charge is -2.26. The van der Waals surface area contributed by atoms with Gasteiger partial charge in [0.15, 0.2) is 6.04 Å². The third-order valence-corrected chi connectivity index (χ3v) is 3.82. The van der Waals surface area contributed by atoms with Gasteiger partial charge in [-0.2, -0.15) is 0 Å². The molecule has 1 saturated heterocycles. The third-order valence-electron chi connectivity index (χ3n) is 3.82. The van der Waals surface area contributed by atoms with Gasteiger partial charge in [0, 0.05) is 26.2 Å². The zero-order chi connectivity index (χ0) is 15.9. The van der Waals surface area contributed by atoms with Crippen molar-refractivity contribution in [2.24, 2.45) is 0 Å². The molecule has 23 heavy (non-hydrogen) atoms. The number of rotatable bonds is 6. The molecular formula is C15H20N6O2. The number of carbonyl (C=O) groups is 1. The van der Waals surface area contributed by atoms with E-state index in [2.05, 4.69) is 25.7 Å². The van der Waals surface area contributed by atoms with Crippen molar-refractivity contribution in [1.29, 1.82) is 0 Å². The van der Waals surface area contributed by atoms with E-state index in [1.54, 1.807) is 0 Å². The number of hydrogen-bond acceptors (Lipinski definition) is 6. The molecule has 0 spiro atoms. The number of ether oxygens (including phenoxy) is 1. The smallest absolute Gasteiger partial charge is 0.249 e. The summed E-state index contributed by atoms with van der Waals surface area (Å²) in [6, 6.07) is 8.94. The average Bonchev–Trinajstić information content (AvgIpc) is 3.11. The molecule has 1 fully saturated rings. The van der Waals surface area contributed by atoms with E-state index in [0.29, 0.717) is 6.54 Å². The van der Waals surface area contributed by atoms with Gasteiger partial charge in [-0.3, -0.25) is 9.69 Å². The molecule has 0 bridgehead atoms. The highest BCUT2D eigenvalue weighted by Gasteiger charge is 2.23. The molecule has 0 radical (unpaired) electrons. The summed E-state index contributed by atoms with van der Waals surface area (Å²) < 4.78 is 6.79. The van der Waals surface area contributed by atoms with E-state index >= 15 is 0 Å². The molecule has 122 valence electrons. The van der Waals surface area contributed by atoms with Crippen LogP contribution >= 0.6 is 0 Å². The molecule has 1 aromatic heterocycles. The van der Waals surface area contributed by atoms with Crippen molar-refractivity contribution in [3.05, 3.63) is 42.2 Å². The maximum absolute atomic E-state index is 12.6. The number of nitrogens with zero attached hydrogens (tertiary/aromatic N) is 5. The predicted molar refractivity (Wildman–Crippen MR) is 82.7 cm³/mol. The van der Waals surface area contributed by atoms with Crippen LogP contribution < -0.4 is 5.32 Å². The Labute approximate surface area is 134 Å². The quantitative estimate of drug-likeness (QED) is 0.788. The number of hydrogen-bond donors (Lipinski definition) is 1. The van der Waals surface area contributed by atoms with Crippen molar-refractivity contribution in [2.45, 2.75) is 6.04 Å². The second-order valence-corrected chi connectivity index (χ2v) is 5.35. The van der Waals surface area contributed by atoms with Gasteiger partial charge >= 0.3 is 0 Å². The van der Waals surface area contributed by atoms with E-state index in [1.807, 2.05) is 30.3 Å². The minimum Gasteiger partial charge on any atom is -0.379 e. The van der Waals surface area contributed by atoms with Gasteiger partial charge in [-0.25, -0.2) is 4.68 Å². The standard InChI is InChI=1S/C15H20N6O2/c22-15(16-6-7-20-8-10-23-11-9-20)14(21-12-17-18-19-21)13-4-2-1-3-5-13/h1-5,12,14H,6-11H2,(H,16,22)/t14-/m1/s1. The number of carbonyl (C=O) groups excluding carboxylic acids is 1. The van der Waals surface area contributed by atoms with Gasteiger partial charge in [0.1, 0.15) is 6.33 Å². The lowest BCUT2D eigenvalue weighted by molar-refractivity contribution is -0.123. The summed E-state index contributed by atoms with van der Waals surface area (Å²) >= 11 is 0. The molecule has 1 aliphatic rings. The molecule has 3 rings (SSSR count). The Morgan fingerprint density at radius 2 is 2.04 bits per heavy atom. The van der Waals surface area contributed by atoms with Crippen LogP contribution in [0.1, 0.15) is 11.6 Å². The summed E-state index contributed by atoms with van der Waals surface area (Å²) in [4.78, 5) is 14.9. The lowest BCUT2D eigenvalue weighted by atomic mass is 10.1. The van der Waals surface area contributed by atoms with Crippen LogP contribution in [0.3, 0.4) is 0 Å². The van der Waals surface area contributed by atoms with Crippen LogP contribution in [0.4, 0.5) is 0 Å². The number of tetrazole rings is 1. The summed E-state index contributed by atoms with van der Waals surface area (Å²) in [6.07, 6.45) is 1.46. The topological polar surface area (TPSA) is 85.2 Å². The van der Waals surface area contributed by atoms with E-state index in [-0.39, 0.29) is 5.91 Å². The highest BCUT2D eigenvalue weighted by atomic mass is 16.5. The molecule has 8 heteroatoms. The SMILES string of the molecule is O=C(NCCN1CCOCC1)[C@@H](c1ccccc1)n1cnnn1. The fourth-order valence-corrected chi connectivity index (χ4v) is 2.60. The zero-order valence-electron chi connectivity index (χ0n) is 12.8. The zero-order valence-corrected chi connectivity index (χ0v) is 12.8. The minimum absolute atomic E-state index is 0.114. The third kappa shape index (κ3) is 4.11. The normalized spacial score (nSPS) is 16.9. The first-order valence-corrected chi connectivity index (χ1v) is 7.70. The second kappa shape index (κ2) is 7.80. The van der Waals surface area contributed by atoms with Gasteiger partial charge < -0.3 is 10.1 Å². The largest absolute Gasteiger partial charge is 0.379 e. The van der Waals surface area contributed by atoms with Crippen LogP contribution in [-0.2, 0) is 9.53 Å². The number of benzene rings is 1. The van der Waals surface area contributed by atoms with Crippen LogP contribution in [0, 0.1) is 0 Å². The Morgan fingerprint density at radius 3 is 2.74 bits per heavy atom. The molecule has 2 heterocycles. The molecule has 0 saturated carbocycles. The molecule has 1 amide bonds. The van der Waals surface area contributed by atoms with Crippen molar-refractivity contribution < 1.29 is 9.53 Å². The lowest BCUT2D eigenvalue weighted by Crippen LogP contribution is -2.43. The molecule has 0 aliphatic carbocycles. The van der Waals surface area contributed by atoms with Crippen LogP contribution in [0.2, 0.25) is 0 Å². The Balaban J connectivity index is 1.61. The molecule has 1 N–H and O–H groups in total. The van der Waals surface area contributed by atoms with Gasteiger partial charge in [-0.1, -0.05) is 30.3 Å². The summed E-state index contributed by atoms with van der Waals surface area (Å²) in [7, 11) is 0. The summed E-state index contributed by atoms with van der Waals surface area (Å²) in [5, 5.41) is 14.1. The highest BCUT2D eigenvalue weighted by molar-refractivity contribution is 5.83. The number of nitrogens with one attached hydrogen (secondary N) is 1. The van der Waals surface area contributed by atoms with E-state index in [1.165, 1.54) is 11.0 Å². The van der Waals surface area contributed by atoms with Crippen molar-refractivity contribution in [1.82, 2.24) is 30.4 Å². The Bertz CT molecular complexity index is 598. The number of aromatic nitrogens is 4. The molecule has 8 nitrogen and oxygen atoms in total. The van der Waals surface area contributed by atoms with Crippen molar-refractivity contribution in [2.75, 3.05) is 39.4 Å². The molecule has 1 atom stereocenters. The van der Waals surface area contributed by atoms with Gasteiger partial charge in [0.05, 0.1) is 13.2 Å². The monoisotopic (exact) mass is 316 g/mol. The molecule has 1 aromatic carbocycles. The van der Waals surface area contributed by atoms with Crippen molar-refractivity contribution in [3.63, 3.8) is 0 Å². The van der Waals surface area contributed by atoms with Gasteiger partial charge in [0.2, 0.25) is 5.91 Å². The van der Waals surface area contributed by atoms with E-state index in [4.69, 9.17) is 4.74 Å². The van der Waals surface area contributed by atoms with Gasteiger partial charge in [-0.15, -0.1) is 5.10 Å². The van der Waals surface area contributed by atoms with Gasteiger partial charge in [-0.05, 0) is 16.0 Å². The van der Waals surface area contributed by atoms with Crippen molar-refractivity contribution >= 4 is 5.91 Å². The van der Waals surface area contributed by atoms with Crippen LogP contribution in [0.5, 0.6) is 0 Å². The second-order valence-electron chi connectivity index (χ2n) is 5.35. The summed E-state index contributed by atoms with van der Waals surface area (Å²) in [6.45, 7) is 4.73. The van der Waals surface area contributed by atoms with E-state index in [0.717, 1.165) is 38.4 Å². The Morgan fingerprint density at radius 1 is 1.26 bits per heavy atom. The molecule has 2 aromatic rings. The number of amides is 1. The fourth-order valence-electron chi connectivity index (χ4n) is 2.60. The van der Waals surface area contributed by atoms with Crippen LogP contribution in [0.15, 0.2) is 36.7 Å². The predicted octanol–water partition coefficient (Wildman–Crippen LogP) is -0.289. The van der Waals surface area contributed by atoms with Crippen molar-refractivity contribution in [3.8, 4) is 0 Å². The Hall–Kier alpha value is -2.32. The first-order valence-electron chi connectivity index (χ1n) is 7.70. The molecule has 0 unspecified atom stereocenters. The first-order chi connectivity index (χ1) is 11.3. The van der Waals surface area contributed by atoms with E-state index in [9.17, 15) is 4.79 Å². The van der Waals surface area contributed by atoms with Crippen LogP contribution in [0.25, 0.3) is 0 Å². The fraction of sp³-hybridized carbons (Fsp3) is 0.467. The summed E-state index contributed by atoms with van der Waals surface area (Å²) in [5.74, 6) is -0.114. The summed E-state index contributed by atoms with van der Waals surface area (Å²) in [5.41, 5.74) is 0.851. The average molecular weight is 316 g/mol. The first kappa shape index (κ1) is 15.6. The maximum atomic E-state index is 12.6. The minimum atomic E-state index is -0.559. The maximum Gasteiger partial charge on any atom is 0.249 e. The molecule has 1 aliphatic heterocycles. The van der Waals surface area contributed by atoms with E-state index < -0.39 is 6.04 Å². The molecular weight excluding hydrogens is 296 g/mol. The Kier molecular flexibility index (Phi) is 5.28. The van der Waals surface area contributed by atoms with Gasteiger partial charge in [0.25, 0.3) is 0 Å². The highest BCUT2D eigenvalue weighted by Crippen LogP contribution is 2.16. The van der Waals surface area contributed by atoms with Crippen LogP contribution in [-0.4, -0.2) is 70.4 Å².